The van der Waals surface area contributed by atoms with Gasteiger partial charge in [-0.05, 0) is 45.9 Å². The van der Waals surface area contributed by atoms with Crippen LogP contribution in [0.3, 0.4) is 0 Å². The lowest BCUT2D eigenvalue weighted by molar-refractivity contribution is -0.133. The van der Waals surface area contributed by atoms with Crippen molar-refractivity contribution < 1.29 is 23.5 Å². The van der Waals surface area contributed by atoms with E-state index in [2.05, 4.69) is 10.6 Å². The lowest BCUT2D eigenvalue weighted by Crippen LogP contribution is -2.42. The van der Waals surface area contributed by atoms with Crippen LogP contribution in [0.2, 0.25) is 0 Å². The Morgan fingerprint density at radius 2 is 2.00 bits per heavy atom. The molecule has 0 aliphatic carbocycles. The molecule has 1 atom stereocenters. The van der Waals surface area contributed by atoms with Crippen LogP contribution in [-0.4, -0.2) is 35.9 Å². The second-order valence-corrected chi connectivity index (χ2v) is 6.75. The summed E-state index contributed by atoms with van der Waals surface area (Å²) in [6, 6.07) is 8.06. The molecule has 1 aromatic carbocycles. The van der Waals surface area contributed by atoms with Gasteiger partial charge in [-0.1, -0.05) is 12.1 Å². The van der Waals surface area contributed by atoms with Crippen LogP contribution in [0.25, 0.3) is 0 Å². The molecule has 0 saturated carbocycles. The van der Waals surface area contributed by atoms with Crippen LogP contribution in [0.1, 0.15) is 30.9 Å². The van der Waals surface area contributed by atoms with Crippen molar-refractivity contribution in [2.24, 2.45) is 0 Å². The van der Waals surface area contributed by atoms with Crippen LogP contribution in [-0.2, 0) is 15.1 Å². The normalized spacial score (nSPS) is 18.9. The molecule has 1 aromatic heterocycles. The molecule has 0 radical (unpaired) electrons. The fraction of sp³-hybridized carbons (Fsp3) is 0.350. The Balaban J connectivity index is 1.76. The number of aryl methyl sites for hydroxylation is 2. The van der Waals surface area contributed by atoms with Crippen molar-refractivity contribution in [3.8, 4) is 5.75 Å². The van der Waals surface area contributed by atoms with Crippen molar-refractivity contribution in [3.05, 3.63) is 47.4 Å². The highest BCUT2D eigenvalue weighted by Gasteiger charge is 2.51. The first-order chi connectivity index (χ1) is 13.3. The average molecular weight is 385 g/mol. The largest absolute Gasteiger partial charge is 0.492 e. The Morgan fingerprint density at radius 1 is 1.29 bits per heavy atom. The minimum atomic E-state index is -1.28. The van der Waals surface area contributed by atoms with Crippen LogP contribution in [0.4, 0.5) is 10.5 Å². The number of amides is 4. The van der Waals surface area contributed by atoms with E-state index in [1.54, 1.807) is 51.1 Å². The number of hydrogen-bond donors (Lipinski definition) is 2. The third kappa shape index (κ3) is 3.45. The number of carbonyl (C=O) groups excluding carboxylic acids is 3. The molecule has 2 heterocycles. The molecule has 2 N–H and O–H groups in total. The van der Waals surface area contributed by atoms with Gasteiger partial charge in [0.05, 0.1) is 12.3 Å². The fourth-order valence-corrected chi connectivity index (χ4v) is 3.33. The second kappa shape index (κ2) is 7.38. The Labute approximate surface area is 162 Å². The first kappa shape index (κ1) is 19.5. The number of nitrogens with zero attached hydrogens (tertiary/aromatic N) is 1. The van der Waals surface area contributed by atoms with Crippen molar-refractivity contribution in [3.63, 3.8) is 0 Å². The molecular formula is C20H23N3O5. The number of rotatable bonds is 6. The Bertz CT molecular complexity index is 936. The number of furan rings is 1. The van der Waals surface area contributed by atoms with Crippen molar-refractivity contribution in [1.29, 1.82) is 0 Å². The van der Waals surface area contributed by atoms with Gasteiger partial charge in [0.15, 0.2) is 0 Å². The van der Waals surface area contributed by atoms with E-state index in [0.717, 1.165) is 4.90 Å². The van der Waals surface area contributed by atoms with Crippen LogP contribution >= 0.6 is 0 Å². The van der Waals surface area contributed by atoms with E-state index in [4.69, 9.17) is 9.15 Å². The second-order valence-electron chi connectivity index (χ2n) is 6.75. The van der Waals surface area contributed by atoms with Gasteiger partial charge in [0.25, 0.3) is 5.91 Å². The van der Waals surface area contributed by atoms with Crippen LogP contribution in [0, 0.1) is 13.8 Å². The highest BCUT2D eigenvalue weighted by molar-refractivity contribution is 6.10. The number of ether oxygens (including phenoxy) is 1. The summed E-state index contributed by atoms with van der Waals surface area (Å²) in [5.74, 6) is 0.699. The first-order valence-corrected chi connectivity index (χ1v) is 8.99. The quantitative estimate of drug-likeness (QED) is 0.745. The van der Waals surface area contributed by atoms with Gasteiger partial charge in [0, 0.05) is 5.56 Å². The number of hydrogen-bond acceptors (Lipinski definition) is 5. The highest BCUT2D eigenvalue weighted by atomic mass is 16.5. The SMILES string of the molecule is CCOc1ccccc1NC(=O)CN1C(=O)NC(C)(c2cc(C)oc2C)C1=O. The first-order valence-electron chi connectivity index (χ1n) is 8.99. The average Bonchev–Trinajstić information content (AvgIpc) is 3.09. The highest BCUT2D eigenvalue weighted by Crippen LogP contribution is 2.33. The molecule has 8 heteroatoms. The van der Waals surface area contributed by atoms with E-state index in [-0.39, 0.29) is 0 Å². The number of benzene rings is 1. The Kier molecular flexibility index (Phi) is 5.13. The third-order valence-electron chi connectivity index (χ3n) is 4.62. The van der Waals surface area contributed by atoms with Gasteiger partial charge in [0.1, 0.15) is 29.4 Å². The number of imide groups is 1. The smallest absolute Gasteiger partial charge is 0.325 e. The molecule has 0 bridgehead atoms. The van der Waals surface area contributed by atoms with Gasteiger partial charge in [-0.25, -0.2) is 4.79 Å². The van der Waals surface area contributed by atoms with Crippen molar-refractivity contribution >= 4 is 23.5 Å². The number of carbonyl (C=O) groups is 3. The van der Waals surface area contributed by atoms with Gasteiger partial charge >= 0.3 is 6.03 Å². The molecule has 1 fully saturated rings. The lowest BCUT2D eigenvalue weighted by Gasteiger charge is -2.21. The van der Waals surface area contributed by atoms with Gasteiger partial charge in [-0.2, -0.15) is 0 Å². The number of para-hydroxylation sites is 2. The van der Waals surface area contributed by atoms with E-state index in [0.29, 0.717) is 35.1 Å². The molecule has 3 rings (SSSR count). The minimum Gasteiger partial charge on any atom is -0.492 e. The maximum atomic E-state index is 13.0. The maximum Gasteiger partial charge on any atom is 0.325 e. The van der Waals surface area contributed by atoms with Gasteiger partial charge in [0.2, 0.25) is 5.91 Å². The van der Waals surface area contributed by atoms with Crippen molar-refractivity contribution in [2.75, 3.05) is 18.5 Å². The summed E-state index contributed by atoms with van der Waals surface area (Å²) >= 11 is 0. The summed E-state index contributed by atoms with van der Waals surface area (Å²) in [6.07, 6.45) is 0. The molecule has 2 aromatic rings. The molecule has 28 heavy (non-hydrogen) atoms. The summed E-state index contributed by atoms with van der Waals surface area (Å²) in [6.45, 7) is 6.98. The topological polar surface area (TPSA) is 101 Å². The molecule has 4 amide bonds. The van der Waals surface area contributed by atoms with E-state index < -0.39 is 29.9 Å². The summed E-state index contributed by atoms with van der Waals surface area (Å²) in [5, 5.41) is 5.36. The van der Waals surface area contributed by atoms with Gasteiger partial charge in [-0.15, -0.1) is 0 Å². The summed E-state index contributed by atoms with van der Waals surface area (Å²) in [5.41, 5.74) is -0.221. The zero-order chi connectivity index (χ0) is 20.5. The van der Waals surface area contributed by atoms with Gasteiger partial charge in [-0.3, -0.25) is 14.5 Å². The maximum absolute atomic E-state index is 13.0. The Morgan fingerprint density at radius 3 is 2.64 bits per heavy atom. The molecule has 1 unspecified atom stereocenters. The van der Waals surface area contributed by atoms with E-state index >= 15 is 0 Å². The monoisotopic (exact) mass is 385 g/mol. The number of nitrogens with one attached hydrogen (secondary N) is 2. The van der Waals surface area contributed by atoms with E-state index in [9.17, 15) is 14.4 Å². The minimum absolute atomic E-state index is 0.406. The molecule has 0 spiro atoms. The summed E-state index contributed by atoms with van der Waals surface area (Å²) in [7, 11) is 0. The Hall–Kier alpha value is -3.29. The van der Waals surface area contributed by atoms with E-state index in [1.807, 2.05) is 6.92 Å². The summed E-state index contributed by atoms with van der Waals surface area (Å²) < 4.78 is 11.0. The molecular weight excluding hydrogens is 362 g/mol. The molecule has 1 saturated heterocycles. The van der Waals surface area contributed by atoms with Crippen molar-refractivity contribution in [1.82, 2.24) is 10.2 Å². The molecule has 148 valence electrons. The lowest BCUT2D eigenvalue weighted by atomic mass is 9.92. The van der Waals surface area contributed by atoms with Crippen LogP contribution < -0.4 is 15.4 Å². The van der Waals surface area contributed by atoms with Gasteiger partial charge < -0.3 is 19.8 Å². The number of anilines is 1. The van der Waals surface area contributed by atoms with E-state index in [1.165, 1.54) is 0 Å². The molecule has 8 nitrogen and oxygen atoms in total. The zero-order valence-corrected chi connectivity index (χ0v) is 16.3. The predicted octanol–water partition coefficient (Wildman–Crippen LogP) is 2.70. The van der Waals surface area contributed by atoms with Crippen LogP contribution in [0.15, 0.2) is 34.7 Å². The predicted molar refractivity (Wildman–Crippen MR) is 102 cm³/mol. The standard InChI is InChI=1S/C20H23N3O5/c1-5-27-16-9-7-6-8-15(16)21-17(24)11-23-18(25)20(4,22-19(23)26)14-10-12(2)28-13(14)3/h6-10H,5,11H2,1-4H3,(H,21,24)(H,22,26). The summed E-state index contributed by atoms with van der Waals surface area (Å²) in [4.78, 5) is 38.7. The number of urea groups is 1. The van der Waals surface area contributed by atoms with Crippen LogP contribution in [0.5, 0.6) is 5.75 Å². The zero-order valence-electron chi connectivity index (χ0n) is 16.3. The third-order valence-corrected chi connectivity index (χ3v) is 4.62. The molecule has 1 aliphatic rings. The van der Waals surface area contributed by atoms with Crippen molar-refractivity contribution in [2.45, 2.75) is 33.2 Å². The molecule has 1 aliphatic heterocycles. The fourth-order valence-electron chi connectivity index (χ4n) is 3.33.